The zero-order valence-electron chi connectivity index (χ0n) is 17.6. The number of benzene rings is 2. The first-order chi connectivity index (χ1) is 16.1. The van der Waals surface area contributed by atoms with Crippen molar-refractivity contribution in [2.24, 2.45) is 0 Å². The molecule has 9 heteroatoms. The monoisotopic (exact) mass is 441 g/mol. The summed E-state index contributed by atoms with van der Waals surface area (Å²) in [5, 5.41) is 16.7. The third-order valence-electron chi connectivity index (χ3n) is 5.00. The Hall–Kier alpha value is -4.58. The van der Waals surface area contributed by atoms with Crippen LogP contribution in [0.25, 0.3) is 17.1 Å². The lowest BCUT2D eigenvalue weighted by molar-refractivity contribution is 0.0952. The number of anilines is 1. The number of amides is 1. The van der Waals surface area contributed by atoms with Crippen molar-refractivity contribution >= 4 is 11.7 Å². The van der Waals surface area contributed by atoms with Gasteiger partial charge in [0, 0.05) is 24.5 Å². The van der Waals surface area contributed by atoms with Crippen molar-refractivity contribution in [3.05, 3.63) is 89.6 Å². The number of nitrogen functional groups attached to an aromatic ring is 1. The lowest BCUT2D eigenvalue weighted by Gasteiger charge is -2.05. The molecular weight excluding hydrogens is 421 g/mol. The molecule has 0 spiro atoms. The molecular formula is C24H20FN7O. The highest BCUT2D eigenvalue weighted by Crippen LogP contribution is 2.21. The molecule has 3 N–H and O–H groups in total. The molecule has 164 valence electrons. The fraction of sp³-hybridized carbons (Fsp3) is 0.125. The van der Waals surface area contributed by atoms with E-state index in [1.807, 2.05) is 30.3 Å². The maximum absolute atomic E-state index is 13.2. The summed E-state index contributed by atoms with van der Waals surface area (Å²) in [5.74, 6) is 0.0804. The van der Waals surface area contributed by atoms with E-state index in [-0.39, 0.29) is 23.1 Å². The van der Waals surface area contributed by atoms with Gasteiger partial charge in [0.05, 0.1) is 16.9 Å². The first kappa shape index (κ1) is 21.6. The molecule has 8 nitrogen and oxygen atoms in total. The van der Waals surface area contributed by atoms with Crippen molar-refractivity contribution in [2.75, 3.05) is 12.3 Å². The van der Waals surface area contributed by atoms with Crippen LogP contribution in [0.4, 0.5) is 10.2 Å². The second-order valence-corrected chi connectivity index (χ2v) is 7.23. The highest BCUT2D eigenvalue weighted by atomic mass is 19.1. The van der Waals surface area contributed by atoms with Gasteiger partial charge < -0.3 is 11.1 Å². The van der Waals surface area contributed by atoms with Gasteiger partial charge in [0.15, 0.2) is 5.82 Å². The summed E-state index contributed by atoms with van der Waals surface area (Å²) in [5.41, 5.74) is 8.65. The van der Waals surface area contributed by atoms with Gasteiger partial charge in [-0.25, -0.2) is 19.0 Å². The molecule has 0 unspecified atom stereocenters. The Bertz CT molecular complexity index is 1290. The predicted octanol–water partition coefficient (Wildman–Crippen LogP) is 3.28. The van der Waals surface area contributed by atoms with Gasteiger partial charge in [-0.05, 0) is 37.1 Å². The summed E-state index contributed by atoms with van der Waals surface area (Å²) >= 11 is 0. The number of halogens is 1. The van der Waals surface area contributed by atoms with Gasteiger partial charge >= 0.3 is 0 Å². The predicted molar refractivity (Wildman–Crippen MR) is 121 cm³/mol. The van der Waals surface area contributed by atoms with Crippen LogP contribution in [0.2, 0.25) is 0 Å². The normalized spacial score (nSPS) is 10.5. The van der Waals surface area contributed by atoms with Gasteiger partial charge in [0.25, 0.3) is 5.91 Å². The van der Waals surface area contributed by atoms with E-state index in [0.29, 0.717) is 42.2 Å². The SMILES string of the molecule is N#Cc1c(CCCNC(=O)c2cnc(-c3ccccc3)nc2)nn(-c2ccc(F)cc2)c1N. The third-order valence-corrected chi connectivity index (χ3v) is 5.00. The second kappa shape index (κ2) is 9.70. The van der Waals surface area contributed by atoms with Crippen LogP contribution >= 0.6 is 0 Å². The summed E-state index contributed by atoms with van der Waals surface area (Å²) in [4.78, 5) is 20.9. The van der Waals surface area contributed by atoms with Crippen LogP contribution in [0, 0.1) is 17.1 Å². The smallest absolute Gasteiger partial charge is 0.254 e. The first-order valence-corrected chi connectivity index (χ1v) is 10.3. The molecule has 2 aromatic carbocycles. The van der Waals surface area contributed by atoms with Gasteiger partial charge in [-0.3, -0.25) is 4.79 Å². The summed E-state index contributed by atoms with van der Waals surface area (Å²) in [6.07, 6.45) is 3.96. The Labute approximate surface area is 189 Å². The maximum Gasteiger partial charge on any atom is 0.254 e. The number of carbonyl (C=O) groups excluding carboxylic acids is 1. The summed E-state index contributed by atoms with van der Waals surface area (Å²) in [6, 6.07) is 17.2. The molecule has 1 amide bonds. The van der Waals surface area contributed by atoms with Crippen LogP contribution in [0.1, 0.15) is 28.0 Å². The van der Waals surface area contributed by atoms with Crippen LogP contribution in [0.3, 0.4) is 0 Å². The number of nitrogens with zero attached hydrogens (tertiary/aromatic N) is 5. The van der Waals surface area contributed by atoms with E-state index in [1.165, 1.54) is 41.3 Å². The Kier molecular flexibility index (Phi) is 6.36. The van der Waals surface area contributed by atoms with E-state index in [4.69, 9.17) is 5.73 Å². The summed E-state index contributed by atoms with van der Waals surface area (Å²) < 4.78 is 14.6. The number of nitriles is 1. The van der Waals surface area contributed by atoms with Gasteiger partial charge in [-0.1, -0.05) is 30.3 Å². The lowest BCUT2D eigenvalue weighted by atomic mass is 10.1. The number of aryl methyl sites for hydroxylation is 1. The molecule has 4 aromatic rings. The van der Waals surface area contributed by atoms with Crippen molar-refractivity contribution in [1.82, 2.24) is 25.1 Å². The minimum Gasteiger partial charge on any atom is -0.382 e. The van der Waals surface area contributed by atoms with Crippen molar-refractivity contribution in [2.45, 2.75) is 12.8 Å². The molecule has 2 aromatic heterocycles. The molecule has 2 heterocycles. The fourth-order valence-electron chi connectivity index (χ4n) is 3.30. The molecule has 33 heavy (non-hydrogen) atoms. The highest BCUT2D eigenvalue weighted by Gasteiger charge is 2.16. The van der Waals surface area contributed by atoms with Crippen molar-refractivity contribution in [3.8, 4) is 23.1 Å². The van der Waals surface area contributed by atoms with Gasteiger partial charge in [-0.15, -0.1) is 0 Å². The van der Waals surface area contributed by atoms with E-state index in [2.05, 4.69) is 26.5 Å². The third kappa shape index (κ3) is 4.85. The van der Waals surface area contributed by atoms with Crippen LogP contribution in [-0.4, -0.2) is 32.2 Å². The average Bonchev–Trinajstić information content (AvgIpc) is 3.17. The van der Waals surface area contributed by atoms with Crippen LogP contribution in [-0.2, 0) is 6.42 Å². The molecule has 0 aliphatic carbocycles. The van der Waals surface area contributed by atoms with E-state index in [1.54, 1.807) is 0 Å². The summed E-state index contributed by atoms with van der Waals surface area (Å²) in [7, 11) is 0. The average molecular weight is 441 g/mol. The molecule has 0 aliphatic heterocycles. The van der Waals surface area contributed by atoms with E-state index in [9.17, 15) is 14.4 Å². The number of hydrogen-bond donors (Lipinski definition) is 2. The minimum atomic E-state index is -0.374. The highest BCUT2D eigenvalue weighted by molar-refractivity contribution is 5.93. The van der Waals surface area contributed by atoms with Crippen molar-refractivity contribution < 1.29 is 9.18 Å². The maximum atomic E-state index is 13.2. The van der Waals surface area contributed by atoms with Crippen molar-refractivity contribution in [3.63, 3.8) is 0 Å². The van der Waals surface area contributed by atoms with Crippen molar-refractivity contribution in [1.29, 1.82) is 5.26 Å². The quantitative estimate of drug-likeness (QED) is 0.424. The zero-order chi connectivity index (χ0) is 23.2. The molecule has 0 bridgehead atoms. The Morgan fingerprint density at radius 1 is 1.09 bits per heavy atom. The largest absolute Gasteiger partial charge is 0.382 e. The number of nitrogens with two attached hydrogens (primary N) is 1. The van der Waals surface area contributed by atoms with Gasteiger partial charge in [-0.2, -0.15) is 10.4 Å². The van der Waals surface area contributed by atoms with E-state index in [0.717, 1.165) is 5.56 Å². The van der Waals surface area contributed by atoms with E-state index < -0.39 is 0 Å². The molecule has 0 radical (unpaired) electrons. The van der Waals surface area contributed by atoms with E-state index >= 15 is 0 Å². The molecule has 0 atom stereocenters. The Morgan fingerprint density at radius 2 is 1.79 bits per heavy atom. The first-order valence-electron chi connectivity index (χ1n) is 10.3. The fourth-order valence-corrected chi connectivity index (χ4v) is 3.30. The number of aromatic nitrogens is 4. The number of nitrogens with one attached hydrogen (secondary N) is 1. The minimum absolute atomic E-state index is 0.193. The lowest BCUT2D eigenvalue weighted by Crippen LogP contribution is -2.25. The zero-order valence-corrected chi connectivity index (χ0v) is 17.6. The van der Waals surface area contributed by atoms with Gasteiger partial charge in [0.2, 0.25) is 0 Å². The number of hydrogen-bond acceptors (Lipinski definition) is 6. The van der Waals surface area contributed by atoms with Gasteiger partial charge in [0.1, 0.15) is 23.3 Å². The summed E-state index contributed by atoms with van der Waals surface area (Å²) in [6.45, 7) is 0.369. The molecule has 4 rings (SSSR count). The topological polar surface area (TPSA) is 123 Å². The Morgan fingerprint density at radius 3 is 2.45 bits per heavy atom. The molecule has 0 saturated heterocycles. The Balaban J connectivity index is 1.35. The molecule has 0 fully saturated rings. The van der Waals surface area contributed by atoms with Crippen LogP contribution in [0.5, 0.6) is 0 Å². The van der Waals surface area contributed by atoms with Crippen LogP contribution in [0.15, 0.2) is 67.0 Å². The van der Waals surface area contributed by atoms with Crippen LogP contribution < -0.4 is 11.1 Å². The molecule has 0 saturated carbocycles. The second-order valence-electron chi connectivity index (χ2n) is 7.23. The number of carbonyl (C=O) groups is 1. The molecule has 0 aliphatic rings. The number of rotatable bonds is 7. The standard InChI is InChI=1S/C24H20FN7O/c25-18-8-10-19(11-9-18)32-22(27)20(13-26)21(31-32)7-4-12-28-24(33)17-14-29-23(30-15-17)16-5-2-1-3-6-16/h1-3,5-6,8-11,14-15H,4,7,12,27H2,(H,28,33).